The Kier molecular flexibility index (Phi) is 4.07. The van der Waals surface area contributed by atoms with E-state index < -0.39 is 0 Å². The van der Waals surface area contributed by atoms with Crippen molar-refractivity contribution in [2.45, 2.75) is 19.8 Å². The number of nitrogen functional groups attached to an aromatic ring is 1. The van der Waals surface area contributed by atoms with Crippen molar-refractivity contribution >= 4 is 17.3 Å². The number of likely N-dealkylation sites (tertiary alicyclic amines) is 1. The van der Waals surface area contributed by atoms with Crippen LogP contribution in [0.1, 0.15) is 19.8 Å². The summed E-state index contributed by atoms with van der Waals surface area (Å²) in [6.45, 7) is 5.06. The number of amides is 1. The maximum atomic E-state index is 12.1. The van der Waals surface area contributed by atoms with Crippen molar-refractivity contribution in [3.63, 3.8) is 0 Å². The number of likely N-dealkylation sites (N-methyl/N-ethyl adjacent to an activating group) is 1. The molecule has 98 valence electrons. The quantitative estimate of drug-likeness (QED) is 0.824. The van der Waals surface area contributed by atoms with Gasteiger partial charge in [0.15, 0.2) is 0 Å². The van der Waals surface area contributed by atoms with E-state index in [1.165, 1.54) is 0 Å². The van der Waals surface area contributed by atoms with Crippen LogP contribution in [-0.4, -0.2) is 37.0 Å². The third-order valence-electron chi connectivity index (χ3n) is 3.44. The number of anilines is 2. The van der Waals surface area contributed by atoms with Crippen LogP contribution in [0.2, 0.25) is 0 Å². The van der Waals surface area contributed by atoms with Crippen LogP contribution in [0.25, 0.3) is 0 Å². The minimum atomic E-state index is 0.206. The van der Waals surface area contributed by atoms with Crippen molar-refractivity contribution in [1.82, 2.24) is 4.90 Å². The summed E-state index contributed by atoms with van der Waals surface area (Å²) in [6.07, 6.45) is 2.26. The van der Waals surface area contributed by atoms with E-state index in [1.54, 1.807) is 0 Å². The van der Waals surface area contributed by atoms with Crippen LogP contribution in [0.3, 0.4) is 0 Å². The van der Waals surface area contributed by atoms with Gasteiger partial charge in [-0.05, 0) is 31.9 Å². The van der Waals surface area contributed by atoms with Gasteiger partial charge in [0.25, 0.3) is 0 Å². The van der Waals surface area contributed by atoms with Crippen molar-refractivity contribution in [2.24, 2.45) is 0 Å². The molecule has 0 spiro atoms. The maximum Gasteiger partial charge on any atom is 0.242 e. The molecule has 2 rings (SSSR count). The highest BCUT2D eigenvalue weighted by Crippen LogP contribution is 2.22. The van der Waals surface area contributed by atoms with Crippen LogP contribution >= 0.6 is 0 Å². The van der Waals surface area contributed by atoms with E-state index in [0.717, 1.165) is 43.9 Å². The predicted octanol–water partition coefficient (Wildman–Crippen LogP) is 1.72. The Labute approximate surface area is 108 Å². The zero-order valence-corrected chi connectivity index (χ0v) is 10.9. The first-order valence-electron chi connectivity index (χ1n) is 6.59. The molecule has 1 aliphatic heterocycles. The van der Waals surface area contributed by atoms with E-state index in [4.69, 9.17) is 5.73 Å². The van der Waals surface area contributed by atoms with Gasteiger partial charge in [-0.1, -0.05) is 12.1 Å². The van der Waals surface area contributed by atoms with Crippen LogP contribution < -0.4 is 10.6 Å². The van der Waals surface area contributed by atoms with Crippen molar-refractivity contribution in [1.29, 1.82) is 0 Å². The SMILES string of the molecule is CCN(CC(=O)N1CCCC1)c1ccccc1N. The van der Waals surface area contributed by atoms with Gasteiger partial charge in [0.2, 0.25) is 5.91 Å². The predicted molar refractivity (Wildman–Crippen MR) is 74.6 cm³/mol. The Hall–Kier alpha value is -1.71. The Balaban J connectivity index is 2.05. The smallest absolute Gasteiger partial charge is 0.242 e. The van der Waals surface area contributed by atoms with Gasteiger partial charge in [0, 0.05) is 19.6 Å². The molecule has 0 bridgehead atoms. The summed E-state index contributed by atoms with van der Waals surface area (Å²) < 4.78 is 0. The zero-order valence-electron chi connectivity index (χ0n) is 10.9. The summed E-state index contributed by atoms with van der Waals surface area (Å²) in [5.74, 6) is 0.206. The number of hydrogen-bond donors (Lipinski definition) is 1. The standard InChI is InChI=1S/C14H21N3O/c1-2-16(13-8-4-3-7-12(13)15)11-14(18)17-9-5-6-10-17/h3-4,7-8H,2,5-6,9-11,15H2,1H3. The Morgan fingerprint density at radius 3 is 2.61 bits per heavy atom. The van der Waals surface area contributed by atoms with Gasteiger partial charge < -0.3 is 15.5 Å². The van der Waals surface area contributed by atoms with Gasteiger partial charge in [-0.3, -0.25) is 4.79 Å². The molecule has 1 aromatic rings. The molecule has 1 aromatic carbocycles. The molecule has 0 saturated carbocycles. The molecule has 0 aliphatic carbocycles. The lowest BCUT2D eigenvalue weighted by atomic mass is 10.2. The van der Waals surface area contributed by atoms with Crippen LogP contribution in [-0.2, 0) is 4.79 Å². The van der Waals surface area contributed by atoms with Gasteiger partial charge in [0.05, 0.1) is 17.9 Å². The van der Waals surface area contributed by atoms with Gasteiger partial charge in [-0.2, -0.15) is 0 Å². The lowest BCUT2D eigenvalue weighted by Gasteiger charge is -2.26. The lowest BCUT2D eigenvalue weighted by Crippen LogP contribution is -2.39. The second-order valence-corrected chi connectivity index (χ2v) is 4.66. The van der Waals surface area contributed by atoms with Crippen molar-refractivity contribution < 1.29 is 4.79 Å². The van der Waals surface area contributed by atoms with Gasteiger partial charge in [-0.25, -0.2) is 0 Å². The Morgan fingerprint density at radius 2 is 2.00 bits per heavy atom. The van der Waals surface area contributed by atoms with Crippen LogP contribution in [0.15, 0.2) is 24.3 Å². The third-order valence-corrected chi connectivity index (χ3v) is 3.44. The number of carbonyl (C=O) groups is 1. The van der Waals surface area contributed by atoms with E-state index in [9.17, 15) is 4.79 Å². The highest BCUT2D eigenvalue weighted by Gasteiger charge is 2.20. The number of hydrogen-bond acceptors (Lipinski definition) is 3. The van der Waals surface area contributed by atoms with Gasteiger partial charge in [0.1, 0.15) is 0 Å². The molecule has 4 nitrogen and oxygen atoms in total. The molecule has 1 saturated heterocycles. The molecule has 0 unspecified atom stereocenters. The fourth-order valence-corrected chi connectivity index (χ4v) is 2.37. The first-order valence-corrected chi connectivity index (χ1v) is 6.59. The summed E-state index contributed by atoms with van der Waals surface area (Å²) >= 11 is 0. The normalized spacial score (nSPS) is 14.8. The van der Waals surface area contributed by atoms with E-state index in [2.05, 4.69) is 0 Å². The zero-order chi connectivity index (χ0) is 13.0. The minimum Gasteiger partial charge on any atom is -0.397 e. The molecule has 1 amide bonds. The van der Waals surface area contributed by atoms with Crippen molar-refractivity contribution in [3.8, 4) is 0 Å². The van der Waals surface area contributed by atoms with E-state index >= 15 is 0 Å². The largest absolute Gasteiger partial charge is 0.397 e. The molecule has 1 aliphatic rings. The summed E-state index contributed by atoms with van der Waals surface area (Å²) in [5.41, 5.74) is 7.64. The van der Waals surface area contributed by atoms with E-state index in [-0.39, 0.29) is 5.91 Å². The number of nitrogens with two attached hydrogens (primary N) is 1. The summed E-state index contributed by atoms with van der Waals surface area (Å²) in [7, 11) is 0. The second-order valence-electron chi connectivity index (χ2n) is 4.66. The number of para-hydroxylation sites is 2. The number of nitrogens with zero attached hydrogens (tertiary/aromatic N) is 2. The van der Waals surface area contributed by atoms with E-state index in [0.29, 0.717) is 6.54 Å². The first kappa shape index (κ1) is 12.7. The summed E-state index contributed by atoms with van der Waals surface area (Å²) in [5, 5.41) is 0. The molecule has 18 heavy (non-hydrogen) atoms. The molecule has 0 atom stereocenters. The molecule has 2 N–H and O–H groups in total. The molecule has 1 heterocycles. The monoisotopic (exact) mass is 247 g/mol. The Bertz CT molecular complexity index is 413. The lowest BCUT2D eigenvalue weighted by molar-refractivity contribution is -0.128. The van der Waals surface area contributed by atoms with Crippen molar-refractivity contribution in [2.75, 3.05) is 36.8 Å². The number of rotatable bonds is 4. The average molecular weight is 247 g/mol. The van der Waals surface area contributed by atoms with Gasteiger partial charge in [-0.15, -0.1) is 0 Å². The van der Waals surface area contributed by atoms with Crippen molar-refractivity contribution in [3.05, 3.63) is 24.3 Å². The second kappa shape index (κ2) is 5.76. The highest BCUT2D eigenvalue weighted by molar-refractivity contribution is 5.83. The Morgan fingerprint density at radius 1 is 1.33 bits per heavy atom. The topological polar surface area (TPSA) is 49.6 Å². The van der Waals surface area contributed by atoms with Crippen LogP contribution in [0.5, 0.6) is 0 Å². The summed E-state index contributed by atoms with van der Waals surface area (Å²) in [6, 6.07) is 7.71. The number of benzene rings is 1. The molecule has 0 radical (unpaired) electrons. The molecular weight excluding hydrogens is 226 g/mol. The highest BCUT2D eigenvalue weighted by atomic mass is 16.2. The van der Waals surface area contributed by atoms with E-state index in [1.807, 2.05) is 41.0 Å². The minimum absolute atomic E-state index is 0.206. The van der Waals surface area contributed by atoms with Crippen LogP contribution in [0.4, 0.5) is 11.4 Å². The summed E-state index contributed by atoms with van der Waals surface area (Å²) in [4.78, 5) is 16.1. The number of carbonyl (C=O) groups excluding carboxylic acids is 1. The maximum absolute atomic E-state index is 12.1. The fraction of sp³-hybridized carbons (Fsp3) is 0.500. The molecular formula is C14H21N3O. The molecule has 4 heteroatoms. The fourth-order valence-electron chi connectivity index (χ4n) is 2.37. The average Bonchev–Trinajstić information content (AvgIpc) is 2.90. The van der Waals surface area contributed by atoms with Gasteiger partial charge >= 0.3 is 0 Å². The van der Waals surface area contributed by atoms with Crippen LogP contribution in [0, 0.1) is 0 Å². The molecule has 0 aromatic heterocycles. The molecule has 1 fully saturated rings. The first-order chi connectivity index (χ1) is 8.72. The third kappa shape index (κ3) is 2.75.